The van der Waals surface area contributed by atoms with Crippen molar-refractivity contribution in [1.29, 1.82) is 0 Å². The Bertz CT molecular complexity index is 633. The number of carbonyl (C=O) groups is 1. The van der Waals surface area contributed by atoms with E-state index in [0.29, 0.717) is 10.7 Å². The molecule has 110 valence electrons. The topological polar surface area (TPSA) is 41.1 Å². The summed E-state index contributed by atoms with van der Waals surface area (Å²) in [7, 11) is 0. The van der Waals surface area contributed by atoms with E-state index in [2.05, 4.69) is 10.6 Å². The first-order chi connectivity index (χ1) is 10.0. The van der Waals surface area contributed by atoms with Gasteiger partial charge in [-0.3, -0.25) is 4.79 Å². The number of hydrogen-bond donors (Lipinski definition) is 2. The number of benzene rings is 2. The second-order valence-corrected chi connectivity index (χ2v) is 5.15. The van der Waals surface area contributed by atoms with Crippen LogP contribution in [0.4, 0.5) is 10.1 Å². The molecule has 3 nitrogen and oxygen atoms in total. The normalized spacial score (nSPS) is 12.0. The van der Waals surface area contributed by atoms with Gasteiger partial charge in [-0.2, -0.15) is 0 Å². The van der Waals surface area contributed by atoms with Crippen molar-refractivity contribution in [3.05, 3.63) is 64.9 Å². The van der Waals surface area contributed by atoms with E-state index in [1.165, 1.54) is 12.1 Å². The van der Waals surface area contributed by atoms with Crippen molar-refractivity contribution in [3.63, 3.8) is 0 Å². The van der Waals surface area contributed by atoms with E-state index in [-0.39, 0.29) is 24.3 Å². The summed E-state index contributed by atoms with van der Waals surface area (Å²) in [6.45, 7) is 2.01. The number of amides is 1. The third-order valence-corrected chi connectivity index (χ3v) is 3.26. The summed E-state index contributed by atoms with van der Waals surface area (Å²) in [5, 5.41) is 6.35. The predicted molar refractivity (Wildman–Crippen MR) is 82.9 cm³/mol. The SMILES string of the molecule is CC(NCC(=O)Nc1cccc(Cl)c1)c1cccc(F)c1. The molecule has 0 bridgehead atoms. The number of nitrogens with one attached hydrogen (secondary N) is 2. The fourth-order valence-corrected chi connectivity index (χ4v) is 2.10. The number of hydrogen-bond acceptors (Lipinski definition) is 2. The highest BCUT2D eigenvalue weighted by Crippen LogP contribution is 2.15. The summed E-state index contributed by atoms with van der Waals surface area (Å²) in [6.07, 6.45) is 0. The molecule has 2 rings (SSSR count). The fraction of sp³-hybridized carbons (Fsp3) is 0.188. The Balaban J connectivity index is 1.86. The molecule has 2 aromatic rings. The average Bonchev–Trinajstić information content (AvgIpc) is 2.45. The highest BCUT2D eigenvalue weighted by Gasteiger charge is 2.08. The zero-order valence-electron chi connectivity index (χ0n) is 11.6. The van der Waals surface area contributed by atoms with Gasteiger partial charge in [-0.05, 0) is 42.8 Å². The van der Waals surface area contributed by atoms with Gasteiger partial charge in [0.2, 0.25) is 5.91 Å². The molecule has 2 aromatic carbocycles. The van der Waals surface area contributed by atoms with Crippen LogP contribution in [0.3, 0.4) is 0 Å². The number of anilines is 1. The molecule has 0 fully saturated rings. The molecule has 0 saturated carbocycles. The van der Waals surface area contributed by atoms with Crippen molar-refractivity contribution >= 4 is 23.2 Å². The second kappa shape index (κ2) is 7.20. The molecule has 5 heteroatoms. The zero-order chi connectivity index (χ0) is 15.2. The van der Waals surface area contributed by atoms with Crippen LogP contribution in [-0.4, -0.2) is 12.5 Å². The molecular weight excluding hydrogens is 291 g/mol. The molecule has 0 radical (unpaired) electrons. The Morgan fingerprint density at radius 2 is 2.00 bits per heavy atom. The lowest BCUT2D eigenvalue weighted by atomic mass is 10.1. The van der Waals surface area contributed by atoms with Crippen LogP contribution >= 0.6 is 11.6 Å². The Labute approximate surface area is 128 Å². The van der Waals surface area contributed by atoms with E-state index in [0.717, 1.165) is 5.56 Å². The lowest BCUT2D eigenvalue weighted by Gasteiger charge is -2.14. The highest BCUT2D eigenvalue weighted by atomic mass is 35.5. The Hall–Kier alpha value is -1.91. The fourth-order valence-electron chi connectivity index (χ4n) is 1.91. The van der Waals surface area contributed by atoms with Gasteiger partial charge >= 0.3 is 0 Å². The van der Waals surface area contributed by atoms with Crippen LogP contribution in [0.2, 0.25) is 5.02 Å². The van der Waals surface area contributed by atoms with Gasteiger partial charge in [0.1, 0.15) is 5.82 Å². The minimum Gasteiger partial charge on any atom is -0.325 e. The van der Waals surface area contributed by atoms with Crippen molar-refractivity contribution in [3.8, 4) is 0 Å². The van der Waals surface area contributed by atoms with Crippen LogP contribution in [0, 0.1) is 5.82 Å². The van der Waals surface area contributed by atoms with E-state index in [9.17, 15) is 9.18 Å². The summed E-state index contributed by atoms with van der Waals surface area (Å²) in [4.78, 5) is 11.8. The van der Waals surface area contributed by atoms with Crippen LogP contribution in [-0.2, 0) is 4.79 Å². The van der Waals surface area contributed by atoms with Crippen LogP contribution in [0.25, 0.3) is 0 Å². The van der Waals surface area contributed by atoms with Crippen molar-refractivity contribution in [1.82, 2.24) is 5.32 Å². The molecule has 0 saturated heterocycles. The van der Waals surface area contributed by atoms with Crippen molar-refractivity contribution in [2.45, 2.75) is 13.0 Å². The third kappa shape index (κ3) is 4.85. The van der Waals surface area contributed by atoms with Gasteiger partial charge in [-0.25, -0.2) is 4.39 Å². The third-order valence-electron chi connectivity index (χ3n) is 3.03. The maximum atomic E-state index is 13.1. The number of carbonyl (C=O) groups excluding carboxylic acids is 1. The van der Waals surface area contributed by atoms with Gasteiger partial charge in [0.05, 0.1) is 6.54 Å². The number of halogens is 2. The molecule has 0 aliphatic heterocycles. The van der Waals surface area contributed by atoms with Crippen LogP contribution in [0.15, 0.2) is 48.5 Å². The predicted octanol–water partition coefficient (Wildman–Crippen LogP) is 3.77. The number of rotatable bonds is 5. The zero-order valence-corrected chi connectivity index (χ0v) is 12.3. The highest BCUT2D eigenvalue weighted by molar-refractivity contribution is 6.30. The van der Waals surface area contributed by atoms with Gasteiger partial charge in [-0.1, -0.05) is 29.8 Å². The first kappa shape index (κ1) is 15.5. The van der Waals surface area contributed by atoms with Gasteiger partial charge in [0.15, 0.2) is 0 Å². The molecule has 0 aliphatic carbocycles. The summed E-state index contributed by atoms with van der Waals surface area (Å²) < 4.78 is 13.1. The molecular formula is C16H16ClFN2O. The van der Waals surface area contributed by atoms with Crippen LogP contribution < -0.4 is 10.6 Å². The molecule has 1 atom stereocenters. The Kier molecular flexibility index (Phi) is 5.31. The smallest absolute Gasteiger partial charge is 0.238 e. The van der Waals surface area contributed by atoms with Crippen molar-refractivity contribution in [2.75, 3.05) is 11.9 Å². The summed E-state index contributed by atoms with van der Waals surface area (Å²) >= 11 is 5.85. The van der Waals surface area contributed by atoms with Crippen LogP contribution in [0.5, 0.6) is 0 Å². The van der Waals surface area contributed by atoms with E-state index in [1.54, 1.807) is 30.3 Å². The molecule has 0 aromatic heterocycles. The van der Waals surface area contributed by atoms with Gasteiger partial charge in [0.25, 0.3) is 0 Å². The molecule has 0 spiro atoms. The van der Waals surface area contributed by atoms with E-state index >= 15 is 0 Å². The summed E-state index contributed by atoms with van der Waals surface area (Å²) in [5.41, 5.74) is 1.44. The van der Waals surface area contributed by atoms with Crippen molar-refractivity contribution < 1.29 is 9.18 Å². The minimum absolute atomic E-state index is 0.120. The summed E-state index contributed by atoms with van der Waals surface area (Å²) in [5.74, 6) is -0.468. The minimum atomic E-state index is -0.287. The lowest BCUT2D eigenvalue weighted by Crippen LogP contribution is -2.30. The molecule has 21 heavy (non-hydrogen) atoms. The van der Waals surface area contributed by atoms with Crippen molar-refractivity contribution in [2.24, 2.45) is 0 Å². The van der Waals surface area contributed by atoms with Gasteiger partial charge in [0, 0.05) is 16.8 Å². The molecule has 2 N–H and O–H groups in total. The van der Waals surface area contributed by atoms with Gasteiger partial charge < -0.3 is 10.6 Å². The van der Waals surface area contributed by atoms with Crippen LogP contribution in [0.1, 0.15) is 18.5 Å². The first-order valence-electron chi connectivity index (χ1n) is 6.59. The second-order valence-electron chi connectivity index (χ2n) is 4.72. The maximum absolute atomic E-state index is 13.1. The Morgan fingerprint density at radius 3 is 2.71 bits per heavy atom. The lowest BCUT2D eigenvalue weighted by molar-refractivity contribution is -0.115. The Morgan fingerprint density at radius 1 is 1.24 bits per heavy atom. The average molecular weight is 307 g/mol. The van der Waals surface area contributed by atoms with E-state index < -0.39 is 0 Å². The quantitative estimate of drug-likeness (QED) is 0.883. The van der Waals surface area contributed by atoms with E-state index in [1.807, 2.05) is 13.0 Å². The van der Waals surface area contributed by atoms with Gasteiger partial charge in [-0.15, -0.1) is 0 Å². The molecule has 0 aliphatic rings. The largest absolute Gasteiger partial charge is 0.325 e. The first-order valence-corrected chi connectivity index (χ1v) is 6.96. The maximum Gasteiger partial charge on any atom is 0.238 e. The molecule has 1 amide bonds. The van der Waals surface area contributed by atoms with E-state index in [4.69, 9.17) is 11.6 Å². The summed E-state index contributed by atoms with van der Waals surface area (Å²) in [6, 6.07) is 13.1. The molecule has 0 heterocycles. The standard InChI is InChI=1S/C16H16ClFN2O/c1-11(12-4-2-6-14(18)8-12)19-10-16(21)20-15-7-3-5-13(17)9-15/h2-9,11,19H,10H2,1H3,(H,20,21). The molecule has 1 unspecified atom stereocenters. The monoisotopic (exact) mass is 306 g/mol.